The number of carbonyl (C=O) groups excluding carboxylic acids is 3. The minimum atomic E-state index is -0.491. The van der Waals surface area contributed by atoms with Gasteiger partial charge in [0.15, 0.2) is 5.13 Å². The minimum absolute atomic E-state index is 0.0392. The number of hydrogen-bond donors (Lipinski definition) is 2. The number of rotatable bonds is 6. The van der Waals surface area contributed by atoms with Crippen molar-refractivity contribution in [3.05, 3.63) is 47.0 Å². The van der Waals surface area contributed by atoms with E-state index >= 15 is 0 Å². The second kappa shape index (κ2) is 8.09. The molecule has 26 heavy (non-hydrogen) atoms. The van der Waals surface area contributed by atoms with Crippen molar-refractivity contribution in [3.8, 4) is 0 Å². The molecule has 3 amide bonds. The highest BCUT2D eigenvalue weighted by Crippen LogP contribution is 2.22. The zero-order chi connectivity index (χ0) is 18.5. The fourth-order valence-electron chi connectivity index (χ4n) is 3.02. The Labute approximate surface area is 155 Å². The molecule has 0 spiro atoms. The lowest BCUT2D eigenvalue weighted by Crippen LogP contribution is -2.43. The van der Waals surface area contributed by atoms with Gasteiger partial charge in [-0.25, -0.2) is 4.98 Å². The second-order valence-electron chi connectivity index (χ2n) is 6.18. The molecule has 136 valence electrons. The van der Waals surface area contributed by atoms with Crippen molar-refractivity contribution in [2.45, 2.75) is 31.7 Å². The van der Waals surface area contributed by atoms with Gasteiger partial charge in [-0.15, -0.1) is 11.3 Å². The number of nitrogens with zero attached hydrogens (tertiary/aromatic N) is 2. The molecule has 1 aliphatic heterocycles. The average molecular weight is 372 g/mol. The molecule has 0 radical (unpaired) electrons. The monoisotopic (exact) mass is 372 g/mol. The summed E-state index contributed by atoms with van der Waals surface area (Å²) in [5.41, 5.74) is 6.60. The molecule has 1 unspecified atom stereocenters. The van der Waals surface area contributed by atoms with Gasteiger partial charge in [0.1, 0.15) is 6.04 Å². The number of anilines is 1. The molecule has 7 nitrogen and oxygen atoms in total. The van der Waals surface area contributed by atoms with E-state index in [-0.39, 0.29) is 24.7 Å². The maximum absolute atomic E-state index is 12.6. The number of aromatic nitrogens is 1. The van der Waals surface area contributed by atoms with E-state index in [2.05, 4.69) is 10.3 Å². The Hall–Kier alpha value is -2.74. The van der Waals surface area contributed by atoms with Crippen LogP contribution in [0.15, 0.2) is 35.7 Å². The third-order valence-corrected chi connectivity index (χ3v) is 5.02. The molecule has 2 heterocycles. The molecule has 1 aromatic heterocycles. The van der Waals surface area contributed by atoms with Crippen LogP contribution in [0.3, 0.4) is 0 Å². The van der Waals surface area contributed by atoms with Gasteiger partial charge in [0.05, 0.1) is 18.5 Å². The summed E-state index contributed by atoms with van der Waals surface area (Å²) in [5.74, 6) is -0.770. The Morgan fingerprint density at radius 1 is 1.23 bits per heavy atom. The third kappa shape index (κ3) is 4.45. The zero-order valence-corrected chi connectivity index (χ0v) is 15.0. The van der Waals surface area contributed by atoms with Crippen LogP contribution in [-0.2, 0) is 27.2 Å². The van der Waals surface area contributed by atoms with Gasteiger partial charge in [0, 0.05) is 11.9 Å². The van der Waals surface area contributed by atoms with E-state index in [4.69, 9.17) is 5.73 Å². The van der Waals surface area contributed by atoms with Crippen LogP contribution in [0.4, 0.5) is 5.13 Å². The number of carbonyl (C=O) groups is 3. The van der Waals surface area contributed by atoms with Crippen LogP contribution in [0, 0.1) is 0 Å². The molecule has 0 aliphatic carbocycles. The van der Waals surface area contributed by atoms with Crippen molar-refractivity contribution < 1.29 is 14.4 Å². The van der Waals surface area contributed by atoms with E-state index in [0.717, 1.165) is 12.0 Å². The van der Waals surface area contributed by atoms with E-state index < -0.39 is 11.9 Å². The van der Waals surface area contributed by atoms with E-state index in [1.165, 1.54) is 11.3 Å². The van der Waals surface area contributed by atoms with Crippen LogP contribution in [0.2, 0.25) is 0 Å². The Balaban J connectivity index is 1.61. The van der Waals surface area contributed by atoms with Crippen LogP contribution < -0.4 is 11.1 Å². The van der Waals surface area contributed by atoms with Crippen molar-refractivity contribution >= 4 is 34.2 Å². The quantitative estimate of drug-likeness (QED) is 0.798. The highest BCUT2D eigenvalue weighted by molar-refractivity contribution is 7.13. The Morgan fingerprint density at radius 2 is 2.00 bits per heavy atom. The minimum Gasteiger partial charge on any atom is -0.369 e. The first-order valence-corrected chi connectivity index (χ1v) is 9.28. The summed E-state index contributed by atoms with van der Waals surface area (Å²) >= 11 is 1.24. The lowest BCUT2D eigenvalue weighted by atomic mass is 10.1. The number of amides is 3. The largest absolute Gasteiger partial charge is 0.369 e. The van der Waals surface area contributed by atoms with E-state index in [9.17, 15) is 14.4 Å². The first-order valence-electron chi connectivity index (χ1n) is 8.40. The van der Waals surface area contributed by atoms with Crippen LogP contribution in [0.5, 0.6) is 0 Å². The first kappa shape index (κ1) is 18.1. The number of likely N-dealkylation sites (tertiary alicyclic amines) is 1. The Kier molecular flexibility index (Phi) is 5.62. The number of nitrogens with one attached hydrogen (secondary N) is 1. The highest BCUT2D eigenvalue weighted by Gasteiger charge is 2.34. The molecule has 1 atom stereocenters. The standard InChI is InChI=1S/C18H20N4O3S/c19-15(23)10-13-11-26-18(20-13)21-17(25)14-7-4-8-22(14)16(24)9-12-5-2-1-3-6-12/h1-3,5-6,11,14H,4,7-10H2,(H2,19,23)(H,20,21,25). The molecule has 1 fully saturated rings. The summed E-state index contributed by atoms with van der Waals surface area (Å²) in [4.78, 5) is 41.9. The molecular weight excluding hydrogens is 352 g/mol. The fourth-order valence-corrected chi connectivity index (χ4v) is 3.74. The summed E-state index contributed by atoms with van der Waals surface area (Å²) in [7, 11) is 0. The van der Waals surface area contributed by atoms with Crippen molar-refractivity contribution in [2.75, 3.05) is 11.9 Å². The van der Waals surface area contributed by atoms with Crippen molar-refractivity contribution in [3.63, 3.8) is 0 Å². The molecule has 2 aromatic rings. The maximum Gasteiger partial charge on any atom is 0.248 e. The van der Waals surface area contributed by atoms with Crippen molar-refractivity contribution in [1.29, 1.82) is 0 Å². The van der Waals surface area contributed by atoms with Crippen molar-refractivity contribution in [1.82, 2.24) is 9.88 Å². The number of thiazole rings is 1. The molecule has 1 aliphatic rings. The van der Waals surface area contributed by atoms with Gasteiger partial charge in [-0.1, -0.05) is 30.3 Å². The van der Waals surface area contributed by atoms with Crippen LogP contribution in [0.25, 0.3) is 0 Å². The summed E-state index contributed by atoms with van der Waals surface area (Å²) in [6, 6.07) is 9.00. The van der Waals surface area contributed by atoms with E-state index in [1.807, 2.05) is 30.3 Å². The molecule has 0 saturated carbocycles. The van der Waals surface area contributed by atoms with Gasteiger partial charge in [-0.05, 0) is 18.4 Å². The number of primary amides is 1. The number of nitrogens with two attached hydrogens (primary N) is 1. The predicted molar refractivity (Wildman–Crippen MR) is 98.5 cm³/mol. The van der Waals surface area contributed by atoms with Gasteiger partial charge in [0.25, 0.3) is 0 Å². The van der Waals surface area contributed by atoms with Gasteiger partial charge in [0.2, 0.25) is 17.7 Å². The smallest absolute Gasteiger partial charge is 0.248 e. The second-order valence-corrected chi connectivity index (χ2v) is 7.04. The lowest BCUT2D eigenvalue weighted by Gasteiger charge is -2.23. The topological polar surface area (TPSA) is 105 Å². The van der Waals surface area contributed by atoms with Crippen molar-refractivity contribution in [2.24, 2.45) is 5.73 Å². The fraction of sp³-hybridized carbons (Fsp3) is 0.333. The summed E-state index contributed by atoms with van der Waals surface area (Å²) < 4.78 is 0. The number of benzene rings is 1. The number of hydrogen-bond acceptors (Lipinski definition) is 5. The normalized spacial score (nSPS) is 16.5. The molecule has 3 rings (SSSR count). The predicted octanol–water partition coefficient (Wildman–Crippen LogP) is 1.34. The lowest BCUT2D eigenvalue weighted by molar-refractivity contribution is -0.136. The van der Waals surface area contributed by atoms with Gasteiger partial charge in [-0.3, -0.25) is 14.4 Å². The van der Waals surface area contributed by atoms with Gasteiger partial charge in [-0.2, -0.15) is 0 Å². The summed E-state index contributed by atoms with van der Waals surface area (Å²) in [6.07, 6.45) is 1.75. The van der Waals surface area contributed by atoms with Gasteiger partial charge >= 0.3 is 0 Å². The average Bonchev–Trinajstić information content (AvgIpc) is 3.24. The molecule has 1 saturated heterocycles. The summed E-state index contributed by atoms with van der Waals surface area (Å²) in [5, 5.41) is 4.85. The SMILES string of the molecule is NC(=O)Cc1csc(NC(=O)C2CCCN2C(=O)Cc2ccccc2)n1. The van der Waals surface area contributed by atoms with Crippen LogP contribution in [0.1, 0.15) is 24.1 Å². The molecule has 1 aromatic carbocycles. The molecular formula is C18H20N4O3S. The van der Waals surface area contributed by atoms with Crippen LogP contribution in [-0.4, -0.2) is 40.2 Å². The van der Waals surface area contributed by atoms with E-state index in [0.29, 0.717) is 23.8 Å². The highest BCUT2D eigenvalue weighted by atomic mass is 32.1. The van der Waals surface area contributed by atoms with E-state index in [1.54, 1.807) is 10.3 Å². The molecule has 3 N–H and O–H groups in total. The Bertz CT molecular complexity index is 806. The molecule has 0 bridgehead atoms. The van der Waals surface area contributed by atoms with Gasteiger partial charge < -0.3 is 16.0 Å². The molecule has 8 heteroatoms. The third-order valence-electron chi connectivity index (χ3n) is 4.21. The Morgan fingerprint density at radius 3 is 2.73 bits per heavy atom. The first-order chi connectivity index (χ1) is 12.5. The maximum atomic E-state index is 12.6. The zero-order valence-electron chi connectivity index (χ0n) is 14.2. The summed E-state index contributed by atoms with van der Waals surface area (Å²) in [6.45, 7) is 0.578. The van der Waals surface area contributed by atoms with Crippen LogP contribution >= 0.6 is 11.3 Å².